The lowest BCUT2D eigenvalue weighted by atomic mass is 10.1. The Kier molecular flexibility index (Phi) is 2.35. The lowest BCUT2D eigenvalue weighted by Gasteiger charge is -2.15. The highest BCUT2D eigenvalue weighted by atomic mass is 35.5. The molecule has 0 atom stereocenters. The molecule has 1 N–H and O–H groups in total. The van der Waals surface area contributed by atoms with Gasteiger partial charge in [0, 0.05) is 6.07 Å². The van der Waals surface area contributed by atoms with E-state index >= 15 is 0 Å². The summed E-state index contributed by atoms with van der Waals surface area (Å²) in [6.07, 6.45) is 0.866. The van der Waals surface area contributed by atoms with Crippen LogP contribution in [0.5, 0.6) is 5.75 Å². The third-order valence-electron chi connectivity index (χ3n) is 2.53. The summed E-state index contributed by atoms with van der Waals surface area (Å²) in [7, 11) is 1.29. The lowest BCUT2D eigenvalue weighted by Crippen LogP contribution is -2.11. The average Bonchev–Trinajstić information content (AvgIpc) is 2.92. The maximum absolute atomic E-state index is 13.6. The molecule has 2 nitrogen and oxygen atoms in total. The van der Waals surface area contributed by atoms with Gasteiger partial charge >= 0.3 is 0 Å². The minimum atomic E-state index is -1.24. The summed E-state index contributed by atoms with van der Waals surface area (Å²) in [5, 5.41) is 9.20. The summed E-state index contributed by atoms with van der Waals surface area (Å²) in [5.41, 5.74) is -1.29. The molecule has 0 heterocycles. The van der Waals surface area contributed by atoms with Crippen LogP contribution < -0.4 is 4.74 Å². The van der Waals surface area contributed by atoms with Crippen molar-refractivity contribution in [2.24, 2.45) is 0 Å². The summed E-state index contributed by atoms with van der Waals surface area (Å²) in [4.78, 5) is 0. The van der Waals surface area contributed by atoms with E-state index in [1.807, 2.05) is 0 Å². The first-order chi connectivity index (χ1) is 6.99. The first-order valence-electron chi connectivity index (χ1n) is 4.44. The summed E-state index contributed by atoms with van der Waals surface area (Å²) >= 11 is 5.43. The maximum Gasteiger partial charge on any atom is 0.154 e. The van der Waals surface area contributed by atoms with E-state index in [2.05, 4.69) is 0 Å². The van der Waals surface area contributed by atoms with E-state index in [1.54, 1.807) is 0 Å². The number of halogens is 3. The van der Waals surface area contributed by atoms with E-state index in [-0.39, 0.29) is 11.3 Å². The van der Waals surface area contributed by atoms with Gasteiger partial charge in [0.25, 0.3) is 0 Å². The SMILES string of the molecule is COc1cc(F)c(Cl)c(F)c1C1(O)CC1. The predicted octanol–water partition coefficient (Wildman–Crippen LogP) is 2.61. The molecular weight excluding hydrogens is 226 g/mol. The third-order valence-corrected chi connectivity index (χ3v) is 2.88. The fraction of sp³-hybridized carbons (Fsp3) is 0.400. The smallest absolute Gasteiger partial charge is 0.154 e. The van der Waals surface area contributed by atoms with Crippen LogP contribution in [0.2, 0.25) is 5.02 Å². The fourth-order valence-corrected chi connectivity index (χ4v) is 1.69. The van der Waals surface area contributed by atoms with Crippen molar-refractivity contribution in [3.63, 3.8) is 0 Å². The zero-order valence-electron chi connectivity index (χ0n) is 7.98. The van der Waals surface area contributed by atoms with E-state index < -0.39 is 22.3 Å². The molecule has 1 aliphatic rings. The van der Waals surface area contributed by atoms with Gasteiger partial charge < -0.3 is 9.84 Å². The molecule has 15 heavy (non-hydrogen) atoms. The molecule has 0 spiro atoms. The van der Waals surface area contributed by atoms with E-state index in [1.165, 1.54) is 7.11 Å². The molecular formula is C10H9ClF2O2. The molecule has 82 valence electrons. The molecule has 0 unspecified atom stereocenters. The van der Waals surface area contributed by atoms with E-state index in [9.17, 15) is 13.9 Å². The Balaban J connectivity index is 2.65. The standard InChI is InChI=1S/C10H9ClF2O2/c1-15-6-4-5(12)8(11)9(13)7(6)10(14)2-3-10/h4,14H,2-3H2,1H3. The van der Waals surface area contributed by atoms with Crippen molar-refractivity contribution < 1.29 is 18.6 Å². The Hall–Kier alpha value is -0.870. The highest BCUT2D eigenvalue weighted by molar-refractivity contribution is 6.31. The van der Waals surface area contributed by atoms with Crippen molar-refractivity contribution in [1.29, 1.82) is 0 Å². The van der Waals surface area contributed by atoms with Gasteiger partial charge in [0.1, 0.15) is 16.6 Å². The summed E-state index contributed by atoms with van der Waals surface area (Å²) in [6.45, 7) is 0. The van der Waals surface area contributed by atoms with Crippen molar-refractivity contribution >= 4 is 11.6 Å². The molecule has 1 saturated carbocycles. The second kappa shape index (κ2) is 3.32. The highest BCUT2D eigenvalue weighted by Crippen LogP contribution is 2.51. The normalized spacial score (nSPS) is 17.7. The van der Waals surface area contributed by atoms with Crippen molar-refractivity contribution in [1.82, 2.24) is 0 Å². The van der Waals surface area contributed by atoms with Gasteiger partial charge in [0.2, 0.25) is 0 Å². The van der Waals surface area contributed by atoms with Gasteiger partial charge in [-0.1, -0.05) is 11.6 Å². The van der Waals surface area contributed by atoms with Crippen LogP contribution in [0.1, 0.15) is 18.4 Å². The number of hydrogen-bond acceptors (Lipinski definition) is 2. The zero-order chi connectivity index (χ0) is 11.2. The predicted molar refractivity (Wildman–Crippen MR) is 51.1 cm³/mol. The molecule has 1 aliphatic carbocycles. The van der Waals surface area contributed by atoms with Crippen LogP contribution in [-0.2, 0) is 5.60 Å². The van der Waals surface area contributed by atoms with E-state index in [4.69, 9.17) is 16.3 Å². The Bertz CT molecular complexity index is 416. The number of rotatable bonds is 2. The van der Waals surface area contributed by atoms with Gasteiger partial charge in [0.15, 0.2) is 5.82 Å². The van der Waals surface area contributed by atoms with Crippen molar-refractivity contribution in [2.75, 3.05) is 7.11 Å². The summed E-state index contributed by atoms with van der Waals surface area (Å²) in [5.74, 6) is -1.83. The van der Waals surface area contributed by atoms with Crippen molar-refractivity contribution in [3.05, 3.63) is 28.3 Å². The molecule has 0 saturated heterocycles. The number of hydrogen-bond donors (Lipinski definition) is 1. The maximum atomic E-state index is 13.6. The van der Waals surface area contributed by atoms with Gasteiger partial charge in [-0.05, 0) is 12.8 Å². The molecule has 0 radical (unpaired) electrons. The van der Waals surface area contributed by atoms with Crippen LogP contribution in [-0.4, -0.2) is 12.2 Å². The third kappa shape index (κ3) is 1.58. The molecule has 0 aromatic heterocycles. The fourth-order valence-electron chi connectivity index (χ4n) is 1.54. The van der Waals surface area contributed by atoms with Gasteiger partial charge in [-0.2, -0.15) is 0 Å². The Morgan fingerprint density at radius 1 is 1.47 bits per heavy atom. The second-order valence-electron chi connectivity index (χ2n) is 3.60. The molecule has 0 bridgehead atoms. The molecule has 5 heteroatoms. The second-order valence-corrected chi connectivity index (χ2v) is 3.97. The lowest BCUT2D eigenvalue weighted by molar-refractivity contribution is 0.142. The number of aliphatic hydroxyl groups is 1. The largest absolute Gasteiger partial charge is 0.496 e. The quantitative estimate of drug-likeness (QED) is 0.797. The first kappa shape index (κ1) is 10.6. The van der Waals surface area contributed by atoms with Crippen LogP contribution in [0.25, 0.3) is 0 Å². The Labute approximate surface area is 90.4 Å². The topological polar surface area (TPSA) is 29.5 Å². The summed E-state index contributed by atoms with van der Waals surface area (Å²) in [6, 6.07) is 0.983. The van der Waals surface area contributed by atoms with Crippen LogP contribution in [0.15, 0.2) is 6.07 Å². The Morgan fingerprint density at radius 3 is 2.53 bits per heavy atom. The minimum Gasteiger partial charge on any atom is -0.496 e. The van der Waals surface area contributed by atoms with Gasteiger partial charge in [-0.15, -0.1) is 0 Å². The van der Waals surface area contributed by atoms with Crippen LogP contribution in [0.4, 0.5) is 8.78 Å². The minimum absolute atomic E-state index is 0.00519. The van der Waals surface area contributed by atoms with E-state index in [0.29, 0.717) is 12.8 Å². The van der Waals surface area contributed by atoms with Gasteiger partial charge in [-0.3, -0.25) is 0 Å². The molecule has 1 aromatic rings. The summed E-state index contributed by atoms with van der Waals surface area (Å²) < 4.78 is 31.5. The Morgan fingerprint density at radius 2 is 2.07 bits per heavy atom. The molecule has 1 fully saturated rings. The van der Waals surface area contributed by atoms with Gasteiger partial charge in [0.05, 0.1) is 18.3 Å². The number of benzene rings is 1. The first-order valence-corrected chi connectivity index (χ1v) is 4.82. The average molecular weight is 235 g/mol. The zero-order valence-corrected chi connectivity index (χ0v) is 8.74. The molecule has 2 rings (SSSR count). The number of ether oxygens (including phenoxy) is 1. The van der Waals surface area contributed by atoms with E-state index in [0.717, 1.165) is 6.07 Å². The van der Waals surface area contributed by atoms with Crippen molar-refractivity contribution in [3.8, 4) is 5.75 Å². The molecule has 1 aromatic carbocycles. The van der Waals surface area contributed by atoms with Gasteiger partial charge in [-0.25, -0.2) is 8.78 Å². The molecule has 0 aliphatic heterocycles. The highest BCUT2D eigenvalue weighted by Gasteiger charge is 2.47. The van der Waals surface area contributed by atoms with Crippen molar-refractivity contribution in [2.45, 2.75) is 18.4 Å². The molecule has 0 amide bonds. The monoisotopic (exact) mass is 234 g/mol. The van der Waals surface area contributed by atoms with Crippen LogP contribution >= 0.6 is 11.6 Å². The van der Waals surface area contributed by atoms with Crippen LogP contribution in [0.3, 0.4) is 0 Å². The van der Waals surface area contributed by atoms with Crippen LogP contribution in [0, 0.1) is 11.6 Å². The number of methoxy groups -OCH3 is 1.